The number of hydrogen-bond donors (Lipinski definition) is 1. The fourth-order valence-corrected chi connectivity index (χ4v) is 2.68. The van der Waals surface area contributed by atoms with Crippen molar-refractivity contribution in [2.24, 2.45) is 11.7 Å². The van der Waals surface area contributed by atoms with Crippen LogP contribution in [0.3, 0.4) is 0 Å². The Labute approximate surface area is 111 Å². The Morgan fingerprint density at radius 3 is 2.12 bits per heavy atom. The fraction of sp³-hybridized carbons (Fsp3) is 0.538. The van der Waals surface area contributed by atoms with Gasteiger partial charge in [-0.15, -0.1) is 12.4 Å². The largest absolute Gasteiger partial charge is 0.544 e. The summed E-state index contributed by atoms with van der Waals surface area (Å²) >= 11 is 0. The van der Waals surface area contributed by atoms with E-state index in [0.717, 1.165) is 5.75 Å². The highest BCUT2D eigenvalue weighted by molar-refractivity contribution is 6.70. The molecule has 2 nitrogen and oxygen atoms in total. The Bertz CT molecular complexity index is 357. The lowest BCUT2D eigenvalue weighted by Crippen LogP contribution is -2.29. The normalized spacial score (nSPS) is 17.2. The van der Waals surface area contributed by atoms with Crippen LogP contribution in [0.25, 0.3) is 0 Å². The van der Waals surface area contributed by atoms with E-state index in [1.165, 1.54) is 18.4 Å². The van der Waals surface area contributed by atoms with Gasteiger partial charge in [0, 0.05) is 6.04 Å². The van der Waals surface area contributed by atoms with Gasteiger partial charge in [-0.2, -0.15) is 0 Å². The Balaban J connectivity index is 0.00000144. The van der Waals surface area contributed by atoms with Gasteiger partial charge >= 0.3 is 0 Å². The Morgan fingerprint density at radius 2 is 1.71 bits per heavy atom. The maximum absolute atomic E-state index is 6.15. The van der Waals surface area contributed by atoms with E-state index >= 15 is 0 Å². The monoisotopic (exact) mass is 271 g/mol. The van der Waals surface area contributed by atoms with Gasteiger partial charge < -0.3 is 10.2 Å². The van der Waals surface area contributed by atoms with E-state index in [1.807, 2.05) is 0 Å². The van der Waals surface area contributed by atoms with E-state index in [0.29, 0.717) is 5.92 Å². The molecular formula is C13H22ClNOSi. The Kier molecular flexibility index (Phi) is 4.64. The fourth-order valence-electron chi connectivity index (χ4n) is 1.84. The highest BCUT2D eigenvalue weighted by Gasteiger charge is 2.29. The van der Waals surface area contributed by atoms with Gasteiger partial charge in [0.1, 0.15) is 5.75 Å². The van der Waals surface area contributed by atoms with Gasteiger partial charge in [0.05, 0.1) is 0 Å². The second-order valence-electron chi connectivity index (χ2n) is 5.65. The van der Waals surface area contributed by atoms with Gasteiger partial charge in [-0.05, 0) is 56.1 Å². The van der Waals surface area contributed by atoms with Gasteiger partial charge in [-0.1, -0.05) is 12.1 Å². The minimum atomic E-state index is -1.48. The van der Waals surface area contributed by atoms with Crippen molar-refractivity contribution in [2.75, 3.05) is 0 Å². The van der Waals surface area contributed by atoms with E-state index < -0.39 is 8.32 Å². The van der Waals surface area contributed by atoms with Crippen LogP contribution >= 0.6 is 12.4 Å². The van der Waals surface area contributed by atoms with Crippen molar-refractivity contribution in [2.45, 2.75) is 38.5 Å². The third-order valence-electron chi connectivity index (χ3n) is 2.82. The summed E-state index contributed by atoms with van der Waals surface area (Å²) < 4.78 is 5.91. The number of hydrogen-bond acceptors (Lipinski definition) is 2. The summed E-state index contributed by atoms with van der Waals surface area (Å²) in [4.78, 5) is 0. The molecule has 0 radical (unpaired) electrons. The van der Waals surface area contributed by atoms with Crippen LogP contribution in [0.4, 0.5) is 0 Å². The molecule has 0 aliphatic heterocycles. The number of nitrogens with two attached hydrogens (primary N) is 1. The zero-order chi connectivity index (χ0) is 11.8. The summed E-state index contributed by atoms with van der Waals surface area (Å²) in [6.07, 6.45) is 2.57. The van der Waals surface area contributed by atoms with Crippen LogP contribution in [0.5, 0.6) is 5.75 Å². The van der Waals surface area contributed by atoms with Crippen molar-refractivity contribution in [1.29, 1.82) is 0 Å². The van der Waals surface area contributed by atoms with Gasteiger partial charge in [0.15, 0.2) is 0 Å². The van der Waals surface area contributed by atoms with Crippen LogP contribution in [0.1, 0.15) is 24.4 Å². The molecule has 0 unspecified atom stereocenters. The van der Waals surface area contributed by atoms with Crippen LogP contribution < -0.4 is 10.2 Å². The number of rotatable bonds is 4. The summed E-state index contributed by atoms with van der Waals surface area (Å²) in [5.74, 6) is 1.69. The van der Waals surface area contributed by atoms with Gasteiger partial charge in [0.2, 0.25) is 8.32 Å². The quantitative estimate of drug-likeness (QED) is 0.847. The molecule has 0 aromatic heterocycles. The molecule has 0 amide bonds. The molecule has 1 atom stereocenters. The molecule has 0 bridgehead atoms. The van der Waals surface area contributed by atoms with Gasteiger partial charge in [0.25, 0.3) is 0 Å². The van der Waals surface area contributed by atoms with Crippen LogP contribution in [-0.4, -0.2) is 8.32 Å². The summed E-state index contributed by atoms with van der Waals surface area (Å²) in [6, 6.07) is 8.55. The lowest BCUT2D eigenvalue weighted by atomic mass is 10.0. The average Bonchev–Trinajstić information content (AvgIpc) is 2.98. The van der Waals surface area contributed by atoms with E-state index in [2.05, 4.69) is 43.9 Å². The lowest BCUT2D eigenvalue weighted by molar-refractivity contribution is 0.556. The first-order valence-corrected chi connectivity index (χ1v) is 9.41. The maximum Gasteiger partial charge on any atom is 0.242 e. The van der Waals surface area contributed by atoms with Gasteiger partial charge in [-0.3, -0.25) is 0 Å². The Morgan fingerprint density at radius 1 is 1.18 bits per heavy atom. The predicted octanol–water partition coefficient (Wildman–Crippen LogP) is 3.73. The molecule has 0 heterocycles. The highest BCUT2D eigenvalue weighted by atomic mass is 35.5. The van der Waals surface area contributed by atoms with Crippen molar-refractivity contribution in [3.63, 3.8) is 0 Å². The smallest absolute Gasteiger partial charge is 0.242 e. The first-order valence-electron chi connectivity index (χ1n) is 6.00. The molecule has 96 valence electrons. The molecule has 1 saturated carbocycles. The molecular weight excluding hydrogens is 250 g/mol. The number of halogens is 1. The zero-order valence-electron chi connectivity index (χ0n) is 10.8. The summed E-state index contributed by atoms with van der Waals surface area (Å²) in [7, 11) is -1.48. The summed E-state index contributed by atoms with van der Waals surface area (Å²) in [5.41, 5.74) is 7.39. The molecule has 0 saturated heterocycles. The van der Waals surface area contributed by atoms with Crippen molar-refractivity contribution in [3.05, 3.63) is 29.8 Å². The molecule has 2 rings (SSSR count). The van der Waals surface area contributed by atoms with Crippen molar-refractivity contribution in [3.8, 4) is 5.75 Å². The minimum absolute atomic E-state index is 0. The van der Waals surface area contributed by atoms with Crippen LogP contribution in [0.15, 0.2) is 24.3 Å². The second kappa shape index (κ2) is 5.42. The SMILES string of the molecule is C[Si](C)(C)Oc1ccc([C@@H](N)C2CC2)cc1.Cl. The molecule has 2 N–H and O–H groups in total. The van der Waals surface area contributed by atoms with Crippen LogP contribution in [0, 0.1) is 5.92 Å². The average molecular weight is 272 g/mol. The summed E-state index contributed by atoms with van der Waals surface area (Å²) in [5, 5.41) is 0. The van der Waals surface area contributed by atoms with Gasteiger partial charge in [-0.25, -0.2) is 0 Å². The molecule has 1 aliphatic rings. The first kappa shape index (κ1) is 14.5. The predicted molar refractivity (Wildman–Crippen MR) is 77.3 cm³/mol. The van der Waals surface area contributed by atoms with Crippen molar-refractivity contribution < 1.29 is 4.43 Å². The lowest BCUT2D eigenvalue weighted by Gasteiger charge is -2.19. The first-order chi connectivity index (χ1) is 7.46. The molecule has 1 aromatic carbocycles. The third kappa shape index (κ3) is 4.34. The molecule has 1 aromatic rings. The van der Waals surface area contributed by atoms with E-state index in [1.54, 1.807) is 0 Å². The third-order valence-corrected chi connectivity index (χ3v) is 3.67. The number of benzene rings is 1. The zero-order valence-corrected chi connectivity index (χ0v) is 12.6. The van der Waals surface area contributed by atoms with Crippen molar-refractivity contribution >= 4 is 20.7 Å². The van der Waals surface area contributed by atoms with E-state index in [9.17, 15) is 0 Å². The second-order valence-corrected chi connectivity index (χ2v) is 10.1. The van der Waals surface area contributed by atoms with Crippen LogP contribution in [-0.2, 0) is 0 Å². The Hall–Kier alpha value is -0.513. The molecule has 17 heavy (non-hydrogen) atoms. The topological polar surface area (TPSA) is 35.2 Å². The molecule has 4 heteroatoms. The minimum Gasteiger partial charge on any atom is -0.544 e. The van der Waals surface area contributed by atoms with E-state index in [4.69, 9.17) is 10.2 Å². The molecule has 0 spiro atoms. The highest BCUT2D eigenvalue weighted by Crippen LogP contribution is 2.39. The van der Waals surface area contributed by atoms with Crippen molar-refractivity contribution in [1.82, 2.24) is 0 Å². The molecule has 1 aliphatic carbocycles. The standard InChI is InChI=1S/C13H21NOSi.ClH/c1-16(2,3)15-12-8-6-11(7-9-12)13(14)10-4-5-10;/h6-10,13H,4-5,14H2,1-3H3;1H/t13-;/m0./s1. The van der Waals surface area contributed by atoms with Crippen LogP contribution in [0.2, 0.25) is 19.6 Å². The maximum atomic E-state index is 6.15. The summed E-state index contributed by atoms with van der Waals surface area (Å²) in [6.45, 7) is 6.57. The molecule has 1 fully saturated rings. The van der Waals surface area contributed by atoms with E-state index in [-0.39, 0.29) is 18.4 Å².